The Morgan fingerprint density at radius 1 is 1.14 bits per heavy atom. The smallest absolute Gasteiger partial charge is 0.159 e. The Hall–Kier alpha value is -0.150. The zero-order valence-electron chi connectivity index (χ0n) is 9.33. The van der Waals surface area contributed by atoms with Gasteiger partial charge in [0, 0.05) is 0 Å². The number of hydrogen-bond donors (Lipinski definition) is 0. The molecule has 0 spiro atoms. The maximum absolute atomic E-state index is 10.8. The molecule has 84 valence electrons. The second kappa shape index (κ2) is 10.9. The van der Waals surface area contributed by atoms with Gasteiger partial charge in [0.2, 0.25) is 0 Å². The Balaban J connectivity index is 3.15. The van der Waals surface area contributed by atoms with E-state index in [9.17, 15) is 4.21 Å². The lowest BCUT2D eigenvalue weighted by Gasteiger charge is -1.96. The number of rotatable bonds is 9. The highest BCUT2D eigenvalue weighted by atomic mass is 32.2. The molecular weight excluding hydrogens is 196 g/mol. The molecular formula is C11H22O2S. The molecule has 0 N–H and O–H groups in total. The predicted molar refractivity (Wildman–Crippen MR) is 62.5 cm³/mol. The van der Waals surface area contributed by atoms with Gasteiger partial charge in [0.25, 0.3) is 0 Å². The quantitative estimate of drug-likeness (QED) is 0.439. The van der Waals surface area contributed by atoms with Crippen LogP contribution in [0.3, 0.4) is 0 Å². The summed E-state index contributed by atoms with van der Waals surface area (Å²) in [6.07, 6.45) is 11.7. The van der Waals surface area contributed by atoms with Crippen LogP contribution in [0.5, 0.6) is 0 Å². The molecule has 0 aliphatic carbocycles. The Morgan fingerprint density at radius 2 is 1.86 bits per heavy atom. The highest BCUT2D eigenvalue weighted by Gasteiger charge is 1.90. The highest BCUT2D eigenvalue weighted by molar-refractivity contribution is 7.80. The minimum Gasteiger partial charge on any atom is -0.294 e. The van der Waals surface area contributed by atoms with E-state index in [1.165, 1.54) is 39.2 Å². The van der Waals surface area contributed by atoms with Crippen LogP contribution in [0.4, 0.5) is 0 Å². The van der Waals surface area contributed by atoms with Crippen LogP contribution in [-0.4, -0.2) is 17.1 Å². The summed E-state index contributed by atoms with van der Waals surface area (Å²) in [7, 11) is 1.47. The van der Waals surface area contributed by atoms with Crippen molar-refractivity contribution in [2.24, 2.45) is 0 Å². The Kier molecular flexibility index (Phi) is 10.8. The van der Waals surface area contributed by atoms with Crippen LogP contribution < -0.4 is 0 Å². The molecule has 0 aromatic heterocycles. The maximum atomic E-state index is 10.8. The fourth-order valence-corrected chi connectivity index (χ4v) is 1.63. The predicted octanol–water partition coefficient (Wildman–Crippen LogP) is 3.21. The second-order valence-corrected chi connectivity index (χ2v) is 4.59. The van der Waals surface area contributed by atoms with E-state index >= 15 is 0 Å². The molecule has 0 saturated heterocycles. The molecule has 0 heterocycles. The van der Waals surface area contributed by atoms with E-state index < -0.39 is 11.1 Å². The first-order chi connectivity index (χ1) is 6.81. The summed E-state index contributed by atoms with van der Waals surface area (Å²) in [5, 5.41) is 0. The zero-order chi connectivity index (χ0) is 10.6. The first-order valence-corrected chi connectivity index (χ1v) is 6.63. The van der Waals surface area contributed by atoms with Crippen LogP contribution in [0, 0.1) is 0 Å². The standard InChI is InChI=1S/C11H22O2S/c1-3-4-5-6-7-8-9-10-11-14(12)13-2/h9-10H,3-8,11H2,1-2H3/b10-9+. The zero-order valence-corrected chi connectivity index (χ0v) is 10.1. The summed E-state index contributed by atoms with van der Waals surface area (Å²) in [5.74, 6) is 0.519. The molecule has 0 aromatic rings. The third kappa shape index (κ3) is 9.93. The third-order valence-corrected chi connectivity index (χ3v) is 2.90. The average Bonchev–Trinajstić information content (AvgIpc) is 2.21. The van der Waals surface area contributed by atoms with E-state index in [-0.39, 0.29) is 0 Å². The normalized spacial score (nSPS) is 13.6. The summed E-state index contributed by atoms with van der Waals surface area (Å²) < 4.78 is 15.5. The monoisotopic (exact) mass is 218 g/mol. The molecule has 1 unspecified atom stereocenters. The van der Waals surface area contributed by atoms with Crippen LogP contribution in [0.15, 0.2) is 12.2 Å². The molecule has 2 nitrogen and oxygen atoms in total. The SMILES string of the molecule is CCCCCCC/C=C/CS(=O)OC. The number of hydrogen-bond acceptors (Lipinski definition) is 2. The van der Waals surface area contributed by atoms with Gasteiger partial charge in [-0.2, -0.15) is 0 Å². The van der Waals surface area contributed by atoms with Crippen molar-refractivity contribution in [2.45, 2.75) is 45.4 Å². The van der Waals surface area contributed by atoms with Gasteiger partial charge in [-0.1, -0.05) is 44.8 Å². The van der Waals surface area contributed by atoms with Crippen molar-refractivity contribution in [1.82, 2.24) is 0 Å². The van der Waals surface area contributed by atoms with Crippen molar-refractivity contribution in [1.29, 1.82) is 0 Å². The molecule has 14 heavy (non-hydrogen) atoms. The van der Waals surface area contributed by atoms with E-state index in [1.54, 1.807) is 0 Å². The molecule has 0 fully saturated rings. The third-order valence-electron chi connectivity index (χ3n) is 2.06. The van der Waals surface area contributed by atoms with Crippen LogP contribution >= 0.6 is 0 Å². The largest absolute Gasteiger partial charge is 0.294 e. The summed E-state index contributed by atoms with van der Waals surface area (Å²) in [4.78, 5) is 0. The lowest BCUT2D eigenvalue weighted by molar-refractivity contribution is 0.448. The molecule has 0 aliphatic heterocycles. The van der Waals surface area contributed by atoms with Crippen LogP contribution in [-0.2, 0) is 15.3 Å². The fourth-order valence-electron chi connectivity index (χ4n) is 1.20. The molecule has 0 saturated carbocycles. The first kappa shape index (κ1) is 13.8. The summed E-state index contributed by atoms with van der Waals surface area (Å²) in [5.41, 5.74) is 0. The lowest BCUT2D eigenvalue weighted by Crippen LogP contribution is -1.94. The highest BCUT2D eigenvalue weighted by Crippen LogP contribution is 2.05. The number of allylic oxidation sites excluding steroid dienone is 1. The Morgan fingerprint density at radius 3 is 2.50 bits per heavy atom. The minimum absolute atomic E-state index is 0.519. The van der Waals surface area contributed by atoms with E-state index in [0.29, 0.717) is 5.75 Å². The molecule has 0 amide bonds. The Labute approximate surface area is 90.4 Å². The van der Waals surface area contributed by atoms with Crippen molar-refractivity contribution >= 4 is 11.1 Å². The molecule has 0 bridgehead atoms. The maximum Gasteiger partial charge on any atom is 0.159 e. The van der Waals surface area contributed by atoms with E-state index in [1.807, 2.05) is 6.08 Å². The van der Waals surface area contributed by atoms with Crippen LogP contribution in [0.2, 0.25) is 0 Å². The second-order valence-electron chi connectivity index (χ2n) is 3.31. The van der Waals surface area contributed by atoms with Gasteiger partial charge >= 0.3 is 0 Å². The molecule has 1 atom stereocenters. The van der Waals surface area contributed by atoms with E-state index in [0.717, 1.165) is 6.42 Å². The Bertz CT molecular complexity index is 167. The van der Waals surface area contributed by atoms with Crippen LogP contribution in [0.25, 0.3) is 0 Å². The van der Waals surface area contributed by atoms with Gasteiger partial charge in [0.15, 0.2) is 11.1 Å². The average molecular weight is 218 g/mol. The van der Waals surface area contributed by atoms with Gasteiger partial charge in [-0.3, -0.25) is 4.18 Å². The molecule has 0 rings (SSSR count). The van der Waals surface area contributed by atoms with Crippen molar-refractivity contribution in [3.05, 3.63) is 12.2 Å². The summed E-state index contributed by atoms with van der Waals surface area (Å²) >= 11 is -1.12. The molecule has 0 aliphatic rings. The summed E-state index contributed by atoms with van der Waals surface area (Å²) in [6.45, 7) is 2.22. The number of unbranched alkanes of at least 4 members (excludes halogenated alkanes) is 5. The lowest BCUT2D eigenvalue weighted by atomic mass is 10.1. The first-order valence-electron chi connectivity index (χ1n) is 5.39. The van der Waals surface area contributed by atoms with Crippen molar-refractivity contribution < 1.29 is 8.39 Å². The van der Waals surface area contributed by atoms with Crippen molar-refractivity contribution in [3.8, 4) is 0 Å². The van der Waals surface area contributed by atoms with Crippen molar-refractivity contribution in [3.63, 3.8) is 0 Å². The topological polar surface area (TPSA) is 26.3 Å². The molecule has 3 heteroatoms. The van der Waals surface area contributed by atoms with Gasteiger partial charge < -0.3 is 0 Å². The fraction of sp³-hybridized carbons (Fsp3) is 0.818. The molecule has 0 aromatic carbocycles. The van der Waals surface area contributed by atoms with Gasteiger partial charge in [-0.05, 0) is 12.8 Å². The van der Waals surface area contributed by atoms with Crippen LogP contribution in [0.1, 0.15) is 45.4 Å². The molecule has 0 radical (unpaired) electrons. The minimum atomic E-state index is -1.12. The van der Waals surface area contributed by atoms with Gasteiger partial charge in [0.05, 0.1) is 12.9 Å². The summed E-state index contributed by atoms with van der Waals surface area (Å²) in [6, 6.07) is 0. The van der Waals surface area contributed by atoms with Gasteiger partial charge in [-0.15, -0.1) is 0 Å². The van der Waals surface area contributed by atoms with E-state index in [2.05, 4.69) is 17.2 Å². The van der Waals surface area contributed by atoms with Gasteiger partial charge in [-0.25, -0.2) is 4.21 Å². The van der Waals surface area contributed by atoms with Gasteiger partial charge in [0.1, 0.15) is 0 Å². The van der Waals surface area contributed by atoms with E-state index in [4.69, 9.17) is 0 Å². The van der Waals surface area contributed by atoms with Crippen molar-refractivity contribution in [2.75, 3.05) is 12.9 Å².